The van der Waals surface area contributed by atoms with Crippen LogP contribution in [0.15, 0.2) is 77.3 Å². The van der Waals surface area contributed by atoms with Crippen molar-refractivity contribution in [2.24, 2.45) is 0 Å². The SMILES string of the molecule is O=C(COC(=O)c1ccc2c(c1)C(=O)N(Cc1ccccc1)C2=O)NNC(=O)c1ccc(Br)cc1. The molecule has 0 aromatic heterocycles. The highest BCUT2D eigenvalue weighted by atomic mass is 79.9. The van der Waals surface area contributed by atoms with Crippen molar-refractivity contribution in [2.75, 3.05) is 6.61 Å². The fourth-order valence-electron chi connectivity index (χ4n) is 3.38. The molecule has 4 rings (SSSR count). The van der Waals surface area contributed by atoms with Crippen LogP contribution in [0.1, 0.15) is 47.0 Å². The molecule has 0 bridgehead atoms. The smallest absolute Gasteiger partial charge is 0.338 e. The highest BCUT2D eigenvalue weighted by molar-refractivity contribution is 9.10. The summed E-state index contributed by atoms with van der Waals surface area (Å²) >= 11 is 3.26. The second-order valence-corrected chi connectivity index (χ2v) is 8.44. The van der Waals surface area contributed by atoms with Crippen LogP contribution in [-0.4, -0.2) is 41.1 Å². The topological polar surface area (TPSA) is 122 Å². The van der Waals surface area contributed by atoms with Crippen molar-refractivity contribution in [3.05, 3.63) is 105 Å². The Hall–Kier alpha value is -4.31. The monoisotopic (exact) mass is 535 g/mol. The zero-order chi connectivity index (χ0) is 24.9. The molecule has 3 aromatic carbocycles. The number of hydrazine groups is 1. The standard InChI is InChI=1S/C25H18BrN3O6/c26-18-9-6-16(7-10-18)22(31)28-27-21(30)14-35-25(34)17-8-11-19-20(12-17)24(33)29(23(19)32)13-15-4-2-1-3-5-15/h1-12H,13-14H2,(H,27,30)(H,28,31). The summed E-state index contributed by atoms with van der Waals surface area (Å²) in [5.41, 5.74) is 5.78. The first-order chi connectivity index (χ1) is 16.8. The van der Waals surface area contributed by atoms with E-state index in [0.717, 1.165) is 14.9 Å². The van der Waals surface area contributed by atoms with E-state index < -0.39 is 36.2 Å². The van der Waals surface area contributed by atoms with Gasteiger partial charge in [-0.25, -0.2) is 4.79 Å². The number of halogens is 1. The molecule has 0 aliphatic carbocycles. The van der Waals surface area contributed by atoms with E-state index in [1.165, 1.54) is 18.2 Å². The van der Waals surface area contributed by atoms with Crippen LogP contribution in [0.2, 0.25) is 0 Å². The van der Waals surface area contributed by atoms with Gasteiger partial charge in [-0.05, 0) is 48.0 Å². The summed E-state index contributed by atoms with van der Waals surface area (Å²) in [6.07, 6.45) is 0. The Morgan fingerprint density at radius 2 is 1.46 bits per heavy atom. The summed E-state index contributed by atoms with van der Waals surface area (Å²) in [6, 6.07) is 19.5. The van der Waals surface area contributed by atoms with Gasteiger partial charge in [0.15, 0.2) is 6.61 Å². The predicted octanol–water partition coefficient (Wildman–Crippen LogP) is 2.86. The number of rotatable bonds is 6. The molecule has 0 unspecified atom stereocenters. The largest absolute Gasteiger partial charge is 0.452 e. The van der Waals surface area contributed by atoms with Gasteiger partial charge in [-0.3, -0.25) is 34.9 Å². The zero-order valence-electron chi connectivity index (χ0n) is 18.1. The predicted molar refractivity (Wildman–Crippen MR) is 127 cm³/mol. The van der Waals surface area contributed by atoms with Gasteiger partial charge in [0.05, 0.1) is 23.2 Å². The van der Waals surface area contributed by atoms with Crippen LogP contribution < -0.4 is 10.9 Å². The molecule has 9 nitrogen and oxygen atoms in total. The van der Waals surface area contributed by atoms with Gasteiger partial charge in [0.25, 0.3) is 23.6 Å². The minimum atomic E-state index is -0.857. The molecular weight excluding hydrogens is 518 g/mol. The molecular formula is C25H18BrN3O6. The molecule has 3 aromatic rings. The maximum atomic E-state index is 12.8. The maximum Gasteiger partial charge on any atom is 0.338 e. The van der Waals surface area contributed by atoms with Crippen LogP contribution in [0, 0.1) is 0 Å². The minimum Gasteiger partial charge on any atom is -0.452 e. The first kappa shape index (κ1) is 23.8. The van der Waals surface area contributed by atoms with Gasteiger partial charge >= 0.3 is 5.97 Å². The second-order valence-electron chi connectivity index (χ2n) is 7.53. The number of nitrogens with one attached hydrogen (secondary N) is 2. The summed E-state index contributed by atoms with van der Waals surface area (Å²) in [5.74, 6) is -3.13. The van der Waals surface area contributed by atoms with E-state index in [0.29, 0.717) is 5.56 Å². The lowest BCUT2D eigenvalue weighted by molar-refractivity contribution is -0.125. The fraction of sp³-hybridized carbons (Fsp3) is 0.0800. The molecule has 1 aliphatic rings. The summed E-state index contributed by atoms with van der Waals surface area (Å²) in [4.78, 5) is 62.9. The van der Waals surface area contributed by atoms with Crippen molar-refractivity contribution in [1.29, 1.82) is 0 Å². The highest BCUT2D eigenvalue weighted by Gasteiger charge is 2.36. The molecule has 0 saturated heterocycles. The zero-order valence-corrected chi connectivity index (χ0v) is 19.7. The quantitative estimate of drug-likeness (QED) is 0.284. The fourth-order valence-corrected chi connectivity index (χ4v) is 3.64. The molecule has 10 heteroatoms. The summed E-state index contributed by atoms with van der Waals surface area (Å²) < 4.78 is 5.77. The number of fused-ring (bicyclic) bond motifs is 1. The van der Waals surface area contributed by atoms with Crippen molar-refractivity contribution < 1.29 is 28.7 Å². The molecule has 176 valence electrons. The van der Waals surface area contributed by atoms with Crippen molar-refractivity contribution in [3.63, 3.8) is 0 Å². The van der Waals surface area contributed by atoms with Gasteiger partial charge in [-0.15, -0.1) is 0 Å². The molecule has 0 fully saturated rings. The lowest BCUT2D eigenvalue weighted by Crippen LogP contribution is -2.43. The van der Waals surface area contributed by atoms with Gasteiger partial charge < -0.3 is 4.74 Å². The van der Waals surface area contributed by atoms with Crippen LogP contribution in [-0.2, 0) is 16.1 Å². The number of hydrogen-bond acceptors (Lipinski definition) is 6. The lowest BCUT2D eigenvalue weighted by atomic mass is 10.1. The third-order valence-electron chi connectivity index (χ3n) is 5.15. The van der Waals surface area contributed by atoms with E-state index in [-0.39, 0.29) is 23.2 Å². The van der Waals surface area contributed by atoms with Crippen molar-refractivity contribution in [3.8, 4) is 0 Å². The number of imide groups is 1. The van der Waals surface area contributed by atoms with Crippen molar-refractivity contribution >= 4 is 45.5 Å². The Balaban J connectivity index is 1.33. The first-order valence-corrected chi connectivity index (χ1v) is 11.2. The van der Waals surface area contributed by atoms with Crippen molar-refractivity contribution in [1.82, 2.24) is 15.8 Å². The van der Waals surface area contributed by atoms with Crippen LogP contribution in [0.4, 0.5) is 0 Å². The van der Waals surface area contributed by atoms with E-state index in [1.54, 1.807) is 36.4 Å². The Morgan fingerprint density at radius 3 is 2.17 bits per heavy atom. The number of benzene rings is 3. The molecule has 0 saturated carbocycles. The average molecular weight is 536 g/mol. The van der Waals surface area contributed by atoms with Crippen LogP contribution in [0.3, 0.4) is 0 Å². The number of amides is 4. The third kappa shape index (κ3) is 5.44. The van der Waals surface area contributed by atoms with Gasteiger partial charge in [0.2, 0.25) is 0 Å². The van der Waals surface area contributed by atoms with E-state index in [2.05, 4.69) is 26.8 Å². The van der Waals surface area contributed by atoms with Gasteiger partial charge in [0, 0.05) is 10.0 Å². The first-order valence-electron chi connectivity index (χ1n) is 10.4. The third-order valence-corrected chi connectivity index (χ3v) is 5.67. The lowest BCUT2D eigenvalue weighted by Gasteiger charge is -2.13. The molecule has 1 heterocycles. The normalized spacial score (nSPS) is 12.2. The molecule has 0 radical (unpaired) electrons. The van der Waals surface area contributed by atoms with Gasteiger partial charge in [0.1, 0.15) is 0 Å². The second kappa shape index (κ2) is 10.3. The highest BCUT2D eigenvalue weighted by Crippen LogP contribution is 2.26. The molecule has 0 atom stereocenters. The van der Waals surface area contributed by atoms with E-state index >= 15 is 0 Å². The number of carbonyl (C=O) groups excluding carboxylic acids is 5. The molecule has 0 spiro atoms. The molecule has 1 aliphatic heterocycles. The Kier molecular flexibility index (Phi) is 7.02. The van der Waals surface area contributed by atoms with E-state index in [9.17, 15) is 24.0 Å². The van der Waals surface area contributed by atoms with Gasteiger partial charge in [-0.1, -0.05) is 46.3 Å². The maximum absolute atomic E-state index is 12.8. The Bertz CT molecular complexity index is 1320. The average Bonchev–Trinajstić information content (AvgIpc) is 3.11. The van der Waals surface area contributed by atoms with Crippen LogP contribution in [0.5, 0.6) is 0 Å². The van der Waals surface area contributed by atoms with E-state index in [4.69, 9.17) is 4.74 Å². The molecule has 4 amide bonds. The van der Waals surface area contributed by atoms with Gasteiger partial charge in [-0.2, -0.15) is 0 Å². The number of nitrogens with zero attached hydrogens (tertiary/aromatic N) is 1. The van der Waals surface area contributed by atoms with Crippen LogP contribution >= 0.6 is 15.9 Å². The number of ether oxygens (including phenoxy) is 1. The number of carbonyl (C=O) groups is 5. The minimum absolute atomic E-state index is 0.0122. The molecule has 35 heavy (non-hydrogen) atoms. The Labute approximate surface area is 208 Å². The summed E-state index contributed by atoms with van der Waals surface area (Å²) in [6.45, 7) is -0.553. The summed E-state index contributed by atoms with van der Waals surface area (Å²) in [7, 11) is 0. The number of esters is 1. The van der Waals surface area contributed by atoms with Crippen molar-refractivity contribution in [2.45, 2.75) is 6.54 Å². The molecule has 2 N–H and O–H groups in total. The summed E-state index contributed by atoms with van der Waals surface area (Å²) in [5, 5.41) is 0. The van der Waals surface area contributed by atoms with Crippen LogP contribution in [0.25, 0.3) is 0 Å². The van der Waals surface area contributed by atoms with E-state index in [1.807, 2.05) is 18.2 Å². The number of hydrogen-bond donors (Lipinski definition) is 2. The Morgan fingerprint density at radius 1 is 0.800 bits per heavy atom.